The number of hydrogen-bond acceptors (Lipinski definition) is 2. The second kappa shape index (κ2) is 4.35. The molecule has 0 bridgehead atoms. The minimum atomic E-state index is -0.174. The lowest BCUT2D eigenvalue weighted by molar-refractivity contribution is -0.114. The minimum Gasteiger partial charge on any atom is -0.349 e. The van der Waals surface area contributed by atoms with Gasteiger partial charge in [0.2, 0.25) is 5.91 Å². The summed E-state index contributed by atoms with van der Waals surface area (Å²) in [7, 11) is 0. The molecule has 0 radical (unpaired) electrons. The van der Waals surface area contributed by atoms with Gasteiger partial charge in [-0.15, -0.1) is 0 Å². The van der Waals surface area contributed by atoms with E-state index in [2.05, 4.69) is 10.6 Å². The summed E-state index contributed by atoms with van der Waals surface area (Å²) >= 11 is 0. The Morgan fingerprint density at radius 1 is 1.25 bits per heavy atom. The molecule has 1 saturated carbocycles. The zero-order chi connectivity index (χ0) is 11.5. The van der Waals surface area contributed by atoms with Crippen LogP contribution in [-0.4, -0.2) is 17.9 Å². The Balaban J connectivity index is 2.16. The van der Waals surface area contributed by atoms with E-state index in [1.807, 2.05) is 0 Å². The third-order valence-electron chi connectivity index (χ3n) is 2.39. The van der Waals surface area contributed by atoms with Crippen LogP contribution < -0.4 is 10.6 Å². The molecule has 2 amide bonds. The topological polar surface area (TPSA) is 58.2 Å². The molecule has 0 unspecified atom stereocenters. The van der Waals surface area contributed by atoms with Crippen molar-refractivity contribution in [2.24, 2.45) is 0 Å². The Hall–Kier alpha value is -1.84. The summed E-state index contributed by atoms with van der Waals surface area (Å²) in [6.45, 7) is 1.43. The molecule has 0 saturated heterocycles. The van der Waals surface area contributed by atoms with Gasteiger partial charge in [-0.1, -0.05) is 12.1 Å². The number of amides is 2. The lowest BCUT2D eigenvalue weighted by atomic mass is 10.1. The second-order valence-electron chi connectivity index (χ2n) is 3.97. The highest BCUT2D eigenvalue weighted by atomic mass is 16.2. The van der Waals surface area contributed by atoms with E-state index in [0.29, 0.717) is 17.3 Å². The van der Waals surface area contributed by atoms with Gasteiger partial charge in [-0.05, 0) is 25.0 Å². The molecule has 0 aliphatic heterocycles. The van der Waals surface area contributed by atoms with Crippen molar-refractivity contribution in [1.29, 1.82) is 0 Å². The molecule has 0 heterocycles. The van der Waals surface area contributed by atoms with Crippen molar-refractivity contribution in [3.05, 3.63) is 29.8 Å². The fourth-order valence-corrected chi connectivity index (χ4v) is 1.47. The van der Waals surface area contributed by atoms with E-state index in [0.717, 1.165) is 12.8 Å². The van der Waals surface area contributed by atoms with E-state index in [-0.39, 0.29) is 11.8 Å². The quantitative estimate of drug-likeness (QED) is 0.808. The van der Waals surface area contributed by atoms with Crippen LogP contribution in [0.25, 0.3) is 0 Å². The summed E-state index contributed by atoms with van der Waals surface area (Å²) in [5.74, 6) is -0.293. The minimum absolute atomic E-state index is 0.119. The van der Waals surface area contributed by atoms with E-state index in [9.17, 15) is 9.59 Å². The summed E-state index contributed by atoms with van der Waals surface area (Å²) in [6.07, 6.45) is 2.10. The Labute approximate surface area is 94.0 Å². The molecule has 16 heavy (non-hydrogen) atoms. The number of carbonyl (C=O) groups excluding carboxylic acids is 2. The van der Waals surface area contributed by atoms with Crippen molar-refractivity contribution in [1.82, 2.24) is 5.32 Å². The summed E-state index contributed by atoms with van der Waals surface area (Å²) in [5.41, 5.74) is 1.08. The molecule has 0 spiro atoms. The van der Waals surface area contributed by atoms with Crippen LogP contribution in [0.1, 0.15) is 30.1 Å². The Morgan fingerprint density at radius 2 is 1.94 bits per heavy atom. The van der Waals surface area contributed by atoms with Crippen LogP contribution in [0, 0.1) is 0 Å². The Bertz CT molecular complexity index is 425. The number of para-hydroxylation sites is 1. The molecule has 2 N–H and O–H groups in total. The van der Waals surface area contributed by atoms with Crippen LogP contribution in [-0.2, 0) is 4.79 Å². The van der Waals surface area contributed by atoms with E-state index in [4.69, 9.17) is 0 Å². The van der Waals surface area contributed by atoms with Gasteiger partial charge >= 0.3 is 0 Å². The van der Waals surface area contributed by atoms with Crippen molar-refractivity contribution < 1.29 is 9.59 Å². The maximum atomic E-state index is 11.8. The van der Waals surface area contributed by atoms with Gasteiger partial charge in [0.1, 0.15) is 0 Å². The smallest absolute Gasteiger partial charge is 0.253 e. The molecule has 1 aliphatic rings. The number of rotatable bonds is 3. The SMILES string of the molecule is CC(=O)Nc1ccccc1C(=O)NC1CC1. The van der Waals surface area contributed by atoms with Gasteiger partial charge in [-0.3, -0.25) is 9.59 Å². The molecular formula is C12H14N2O2. The second-order valence-corrected chi connectivity index (χ2v) is 3.97. The normalized spacial score (nSPS) is 14.3. The molecule has 4 nitrogen and oxygen atoms in total. The van der Waals surface area contributed by atoms with Crippen LogP contribution in [0.3, 0.4) is 0 Å². The predicted molar refractivity (Wildman–Crippen MR) is 61.2 cm³/mol. The fourth-order valence-electron chi connectivity index (χ4n) is 1.47. The Morgan fingerprint density at radius 3 is 2.56 bits per heavy atom. The maximum Gasteiger partial charge on any atom is 0.253 e. The average molecular weight is 218 g/mol. The molecule has 1 aliphatic carbocycles. The number of carbonyl (C=O) groups is 2. The van der Waals surface area contributed by atoms with Gasteiger partial charge in [-0.25, -0.2) is 0 Å². The fraction of sp³-hybridized carbons (Fsp3) is 0.333. The van der Waals surface area contributed by atoms with Crippen molar-refractivity contribution in [3.8, 4) is 0 Å². The first-order valence-electron chi connectivity index (χ1n) is 5.34. The van der Waals surface area contributed by atoms with Crippen molar-refractivity contribution >= 4 is 17.5 Å². The molecular weight excluding hydrogens is 204 g/mol. The van der Waals surface area contributed by atoms with Gasteiger partial charge in [0.25, 0.3) is 5.91 Å². The predicted octanol–water partition coefficient (Wildman–Crippen LogP) is 1.54. The summed E-state index contributed by atoms with van der Waals surface area (Å²) < 4.78 is 0. The molecule has 0 aromatic heterocycles. The molecule has 2 rings (SSSR count). The van der Waals surface area contributed by atoms with Crippen LogP contribution in [0.2, 0.25) is 0 Å². The first-order chi connectivity index (χ1) is 7.66. The van der Waals surface area contributed by atoms with Crippen molar-refractivity contribution in [2.75, 3.05) is 5.32 Å². The van der Waals surface area contributed by atoms with Gasteiger partial charge in [0.05, 0.1) is 11.3 Å². The first kappa shape index (κ1) is 10.7. The van der Waals surface area contributed by atoms with Gasteiger partial charge in [0, 0.05) is 13.0 Å². The van der Waals surface area contributed by atoms with Gasteiger partial charge < -0.3 is 10.6 Å². The molecule has 1 aromatic rings. The molecule has 1 fully saturated rings. The molecule has 4 heteroatoms. The lowest BCUT2D eigenvalue weighted by Crippen LogP contribution is -2.26. The molecule has 84 valence electrons. The maximum absolute atomic E-state index is 11.8. The summed E-state index contributed by atoms with van der Waals surface area (Å²) in [6, 6.07) is 7.33. The number of nitrogens with one attached hydrogen (secondary N) is 2. The van der Waals surface area contributed by atoms with Crippen LogP contribution in [0.4, 0.5) is 5.69 Å². The highest BCUT2D eigenvalue weighted by Gasteiger charge is 2.24. The van der Waals surface area contributed by atoms with E-state index in [1.54, 1.807) is 24.3 Å². The van der Waals surface area contributed by atoms with Crippen LogP contribution >= 0.6 is 0 Å². The monoisotopic (exact) mass is 218 g/mol. The molecule has 1 aromatic carbocycles. The van der Waals surface area contributed by atoms with E-state index in [1.165, 1.54) is 6.92 Å². The standard InChI is InChI=1S/C12H14N2O2/c1-8(15)13-11-5-3-2-4-10(11)12(16)14-9-6-7-9/h2-5,9H,6-7H2,1H3,(H,13,15)(H,14,16). The zero-order valence-electron chi connectivity index (χ0n) is 9.12. The third-order valence-corrected chi connectivity index (χ3v) is 2.39. The third kappa shape index (κ3) is 2.59. The van der Waals surface area contributed by atoms with Crippen molar-refractivity contribution in [2.45, 2.75) is 25.8 Å². The van der Waals surface area contributed by atoms with Crippen LogP contribution in [0.5, 0.6) is 0 Å². The highest BCUT2D eigenvalue weighted by Crippen LogP contribution is 2.21. The number of hydrogen-bond donors (Lipinski definition) is 2. The summed E-state index contributed by atoms with van der Waals surface area (Å²) in [4.78, 5) is 22.8. The van der Waals surface area contributed by atoms with Gasteiger partial charge in [-0.2, -0.15) is 0 Å². The lowest BCUT2D eigenvalue weighted by Gasteiger charge is -2.09. The molecule has 0 atom stereocenters. The van der Waals surface area contributed by atoms with Crippen molar-refractivity contribution in [3.63, 3.8) is 0 Å². The highest BCUT2D eigenvalue weighted by molar-refractivity contribution is 6.03. The average Bonchev–Trinajstić information content (AvgIpc) is 3.01. The van der Waals surface area contributed by atoms with E-state index >= 15 is 0 Å². The number of anilines is 1. The summed E-state index contributed by atoms with van der Waals surface area (Å²) in [5, 5.41) is 5.54. The first-order valence-corrected chi connectivity index (χ1v) is 5.34. The Kier molecular flexibility index (Phi) is 2.90. The van der Waals surface area contributed by atoms with Crippen LogP contribution in [0.15, 0.2) is 24.3 Å². The van der Waals surface area contributed by atoms with Gasteiger partial charge in [0.15, 0.2) is 0 Å². The van der Waals surface area contributed by atoms with E-state index < -0.39 is 0 Å². The number of benzene rings is 1. The largest absolute Gasteiger partial charge is 0.349 e. The zero-order valence-corrected chi connectivity index (χ0v) is 9.12.